The second-order valence-electron chi connectivity index (χ2n) is 7.71. The van der Waals surface area contributed by atoms with Crippen LogP contribution in [0.3, 0.4) is 0 Å². The molecule has 1 saturated heterocycles. The molecule has 4 rings (SSSR count). The molecule has 1 aromatic carbocycles. The number of nitrogens with one attached hydrogen (secondary N) is 1. The minimum Gasteiger partial charge on any atom is -0.497 e. The fraction of sp³-hybridized carbons (Fsp3) is 0.409. The third-order valence-electron chi connectivity index (χ3n) is 5.66. The van der Waals surface area contributed by atoms with Crippen molar-refractivity contribution in [2.24, 2.45) is 5.92 Å². The number of amides is 2. The Kier molecular flexibility index (Phi) is 5.76. The van der Waals surface area contributed by atoms with Gasteiger partial charge in [0.2, 0.25) is 11.8 Å². The molecule has 0 bridgehead atoms. The third-order valence-corrected chi connectivity index (χ3v) is 6.73. The average molecular weight is 427 g/mol. The number of hydrogen-bond donors (Lipinski definition) is 1. The highest BCUT2D eigenvalue weighted by atomic mass is 32.1. The lowest BCUT2D eigenvalue weighted by molar-refractivity contribution is -0.139. The smallest absolute Gasteiger partial charge is 0.225 e. The highest BCUT2D eigenvalue weighted by Crippen LogP contribution is 2.23. The van der Waals surface area contributed by atoms with E-state index in [4.69, 9.17) is 4.74 Å². The molecule has 1 atom stereocenters. The van der Waals surface area contributed by atoms with E-state index in [9.17, 15) is 9.59 Å². The zero-order chi connectivity index (χ0) is 21.3. The van der Waals surface area contributed by atoms with Gasteiger partial charge in [0.05, 0.1) is 25.3 Å². The fourth-order valence-corrected chi connectivity index (χ4v) is 4.75. The first-order valence-corrected chi connectivity index (χ1v) is 10.9. The summed E-state index contributed by atoms with van der Waals surface area (Å²) in [6.07, 6.45) is 2.95. The first-order chi connectivity index (χ1) is 14.4. The van der Waals surface area contributed by atoms with Crippen molar-refractivity contribution in [3.8, 4) is 5.75 Å². The summed E-state index contributed by atoms with van der Waals surface area (Å²) < 4.78 is 7.33. The van der Waals surface area contributed by atoms with E-state index in [1.54, 1.807) is 23.3 Å². The monoisotopic (exact) mass is 426 g/mol. The lowest BCUT2D eigenvalue weighted by atomic mass is 9.96. The number of aromatic nitrogens is 2. The van der Waals surface area contributed by atoms with Crippen molar-refractivity contribution < 1.29 is 14.3 Å². The number of nitrogens with zero attached hydrogens (tertiary/aromatic N) is 3. The van der Waals surface area contributed by atoms with Gasteiger partial charge in [-0.25, -0.2) is 4.98 Å². The van der Waals surface area contributed by atoms with E-state index in [2.05, 4.69) is 28.5 Å². The van der Waals surface area contributed by atoms with E-state index >= 15 is 0 Å². The number of hydrogen-bond acceptors (Lipinski definition) is 5. The number of imidazole rings is 1. The highest BCUT2D eigenvalue weighted by Gasteiger charge is 2.30. The Bertz CT molecular complexity index is 1090. The van der Waals surface area contributed by atoms with E-state index in [0.717, 1.165) is 22.0 Å². The molecule has 2 amide bonds. The summed E-state index contributed by atoms with van der Waals surface area (Å²) in [6, 6.07) is 7.67. The second-order valence-corrected chi connectivity index (χ2v) is 8.89. The molecule has 3 heterocycles. The Morgan fingerprint density at radius 1 is 1.37 bits per heavy atom. The van der Waals surface area contributed by atoms with Crippen LogP contribution in [0, 0.1) is 19.8 Å². The second kappa shape index (κ2) is 8.47. The third kappa shape index (κ3) is 4.18. The normalized spacial score (nSPS) is 16.8. The number of thiazole rings is 1. The summed E-state index contributed by atoms with van der Waals surface area (Å²) in [7, 11) is 1.62. The van der Waals surface area contributed by atoms with Crippen molar-refractivity contribution in [3.05, 3.63) is 52.3 Å². The number of rotatable bonds is 6. The summed E-state index contributed by atoms with van der Waals surface area (Å²) in [4.78, 5) is 33.7. The van der Waals surface area contributed by atoms with Crippen LogP contribution in [0.5, 0.6) is 5.75 Å². The maximum absolute atomic E-state index is 12.7. The van der Waals surface area contributed by atoms with E-state index in [1.807, 2.05) is 30.5 Å². The summed E-state index contributed by atoms with van der Waals surface area (Å²) in [5, 5.41) is 3.00. The van der Waals surface area contributed by atoms with Gasteiger partial charge in [0.25, 0.3) is 0 Å². The molecule has 1 aliphatic rings. The number of likely N-dealkylation sites (tertiary alicyclic amines) is 1. The largest absolute Gasteiger partial charge is 0.497 e. The van der Waals surface area contributed by atoms with E-state index < -0.39 is 0 Å². The number of carbonyl (C=O) groups excluding carboxylic acids is 2. The molecule has 7 nitrogen and oxygen atoms in total. The van der Waals surface area contributed by atoms with Crippen molar-refractivity contribution in [2.75, 3.05) is 13.7 Å². The van der Waals surface area contributed by atoms with Gasteiger partial charge in [-0.3, -0.25) is 14.0 Å². The van der Waals surface area contributed by atoms with E-state index in [0.29, 0.717) is 32.5 Å². The van der Waals surface area contributed by atoms with Gasteiger partial charge in [0.15, 0.2) is 4.96 Å². The minimum atomic E-state index is -0.207. The Morgan fingerprint density at radius 2 is 2.20 bits per heavy atom. The first-order valence-electron chi connectivity index (χ1n) is 10.1. The molecule has 30 heavy (non-hydrogen) atoms. The lowest BCUT2D eigenvalue weighted by Crippen LogP contribution is -2.45. The number of methoxy groups -OCH3 is 1. The van der Waals surface area contributed by atoms with Crippen molar-refractivity contribution in [1.29, 1.82) is 0 Å². The predicted molar refractivity (Wildman–Crippen MR) is 116 cm³/mol. The van der Waals surface area contributed by atoms with Gasteiger partial charge >= 0.3 is 0 Å². The van der Waals surface area contributed by atoms with Gasteiger partial charge in [0, 0.05) is 36.3 Å². The van der Waals surface area contributed by atoms with Crippen LogP contribution in [0.15, 0.2) is 30.5 Å². The van der Waals surface area contributed by atoms with Crippen LogP contribution in [0.4, 0.5) is 0 Å². The van der Waals surface area contributed by atoms with Gasteiger partial charge in [0.1, 0.15) is 5.75 Å². The van der Waals surface area contributed by atoms with Gasteiger partial charge in [-0.1, -0.05) is 12.1 Å². The first kappa shape index (κ1) is 20.4. The molecule has 8 heteroatoms. The number of piperidine rings is 1. The van der Waals surface area contributed by atoms with Crippen molar-refractivity contribution in [3.63, 3.8) is 0 Å². The Labute approximate surface area is 179 Å². The van der Waals surface area contributed by atoms with Crippen LogP contribution in [-0.4, -0.2) is 39.8 Å². The molecule has 0 saturated carbocycles. The van der Waals surface area contributed by atoms with Crippen LogP contribution >= 0.6 is 11.3 Å². The van der Waals surface area contributed by atoms with E-state index in [-0.39, 0.29) is 17.7 Å². The number of ether oxygens (including phenoxy) is 1. The van der Waals surface area contributed by atoms with Crippen molar-refractivity contribution in [2.45, 2.75) is 39.8 Å². The number of fused-ring (bicyclic) bond motifs is 1. The molecule has 0 radical (unpaired) electrons. The average Bonchev–Trinajstić information content (AvgIpc) is 3.26. The maximum atomic E-state index is 12.7. The van der Waals surface area contributed by atoms with Gasteiger partial charge in [-0.2, -0.15) is 0 Å². The lowest BCUT2D eigenvalue weighted by Gasteiger charge is -2.32. The van der Waals surface area contributed by atoms with Crippen LogP contribution in [0.2, 0.25) is 0 Å². The zero-order valence-electron chi connectivity index (χ0n) is 17.5. The maximum Gasteiger partial charge on any atom is 0.225 e. The highest BCUT2D eigenvalue weighted by molar-refractivity contribution is 7.17. The Hall–Kier alpha value is -2.87. The standard InChI is InChI=1S/C22H26N4O3S/c1-14-15(2)30-22-24-18(13-26(14)22)10-23-21(28)17-7-8-20(27)25(12-17)11-16-5-4-6-19(9-16)29-3/h4-6,9,13,17H,7-8,10-12H2,1-3H3,(H,23,28)/t17-/m1/s1. The number of benzene rings is 1. The van der Waals surface area contributed by atoms with Crippen molar-refractivity contribution >= 4 is 28.1 Å². The molecule has 158 valence electrons. The SMILES string of the molecule is COc1cccc(CN2C[C@H](C(=O)NCc3cn4c(C)c(C)sc4n3)CCC2=O)c1. The van der Waals surface area contributed by atoms with Crippen LogP contribution in [0.25, 0.3) is 4.96 Å². The van der Waals surface area contributed by atoms with Gasteiger partial charge in [-0.05, 0) is 38.0 Å². The van der Waals surface area contributed by atoms with Crippen LogP contribution in [-0.2, 0) is 22.7 Å². The molecule has 3 aromatic rings. The van der Waals surface area contributed by atoms with Crippen LogP contribution in [0.1, 0.15) is 34.7 Å². The zero-order valence-corrected chi connectivity index (χ0v) is 18.3. The summed E-state index contributed by atoms with van der Waals surface area (Å²) in [6.45, 7) is 5.46. The minimum absolute atomic E-state index is 0.0256. The molecular formula is C22H26N4O3S. The van der Waals surface area contributed by atoms with Gasteiger partial charge < -0.3 is 15.0 Å². The van der Waals surface area contributed by atoms with Crippen molar-refractivity contribution in [1.82, 2.24) is 19.6 Å². The molecule has 0 unspecified atom stereocenters. The molecule has 1 fully saturated rings. The topological polar surface area (TPSA) is 75.9 Å². The summed E-state index contributed by atoms with van der Waals surface area (Å²) in [5.74, 6) is 0.613. The molecule has 0 spiro atoms. The number of carbonyl (C=O) groups is 2. The predicted octanol–water partition coefficient (Wildman–Crippen LogP) is 3.08. The molecule has 1 N–H and O–H groups in total. The molecule has 1 aliphatic heterocycles. The number of aryl methyl sites for hydroxylation is 2. The van der Waals surface area contributed by atoms with Gasteiger partial charge in [-0.15, -0.1) is 11.3 Å². The Morgan fingerprint density at radius 3 is 2.97 bits per heavy atom. The summed E-state index contributed by atoms with van der Waals surface area (Å²) >= 11 is 1.65. The van der Waals surface area contributed by atoms with E-state index in [1.165, 1.54) is 10.6 Å². The molecular weight excluding hydrogens is 400 g/mol. The van der Waals surface area contributed by atoms with Crippen LogP contribution < -0.4 is 10.1 Å². The Balaban J connectivity index is 1.36. The fourth-order valence-electron chi connectivity index (χ4n) is 3.78. The summed E-state index contributed by atoms with van der Waals surface area (Å²) in [5.41, 5.74) is 3.02. The molecule has 0 aliphatic carbocycles. The quantitative estimate of drug-likeness (QED) is 0.657. The molecule has 2 aromatic heterocycles.